The first-order valence-corrected chi connectivity index (χ1v) is 16.3. The molecule has 0 aliphatic carbocycles. The quantitative estimate of drug-likeness (QED) is 0.228. The van der Waals surface area contributed by atoms with E-state index in [4.69, 9.17) is 19.6 Å². The van der Waals surface area contributed by atoms with Crippen LogP contribution in [0.4, 0.5) is 15.3 Å². The molecule has 1 aliphatic rings. The Bertz CT molecular complexity index is 1070. The highest BCUT2D eigenvalue weighted by molar-refractivity contribution is 6.74. The summed E-state index contributed by atoms with van der Waals surface area (Å²) in [5.74, 6) is -1.08. The van der Waals surface area contributed by atoms with E-state index in [-0.39, 0.29) is 36.4 Å². The molecule has 1 unspecified atom stereocenters. The molecule has 3 atom stereocenters. The Morgan fingerprint density at radius 2 is 1.75 bits per heavy atom. The SMILES string of the molecule is CC(C)(C)OC(=O)N1C[C@H](O[Si](C)(C)C(C)(C)C)C[C@H]1C(CNC(=O)OCc1ccc([N+](=O)[O-])cc1)CC(N)=O. The molecule has 0 bridgehead atoms. The van der Waals surface area contributed by atoms with Gasteiger partial charge in [0.2, 0.25) is 5.91 Å². The van der Waals surface area contributed by atoms with Crippen LogP contribution >= 0.6 is 0 Å². The van der Waals surface area contributed by atoms with Crippen molar-refractivity contribution < 1.29 is 33.2 Å². The van der Waals surface area contributed by atoms with E-state index in [9.17, 15) is 24.5 Å². The molecule has 1 aromatic rings. The number of alkyl carbamates (subject to hydrolysis) is 1. The monoisotopic (exact) mass is 580 g/mol. The van der Waals surface area contributed by atoms with Gasteiger partial charge in [-0.15, -0.1) is 0 Å². The molecule has 0 aromatic heterocycles. The molecule has 13 heteroatoms. The van der Waals surface area contributed by atoms with Crippen LogP contribution in [0.2, 0.25) is 18.1 Å². The van der Waals surface area contributed by atoms with Crippen LogP contribution in [0, 0.1) is 16.0 Å². The average Bonchev–Trinajstić information content (AvgIpc) is 3.21. The molecule has 0 radical (unpaired) electrons. The maximum Gasteiger partial charge on any atom is 0.410 e. The van der Waals surface area contributed by atoms with Crippen molar-refractivity contribution in [1.82, 2.24) is 10.2 Å². The number of primary amides is 1. The number of likely N-dealkylation sites (tertiary alicyclic amines) is 1. The second kappa shape index (κ2) is 13.0. The number of non-ortho nitro benzene ring substituents is 1. The molecule has 0 saturated carbocycles. The van der Waals surface area contributed by atoms with Crippen molar-refractivity contribution in [3.05, 3.63) is 39.9 Å². The molecule has 1 saturated heterocycles. The van der Waals surface area contributed by atoms with Gasteiger partial charge in [-0.1, -0.05) is 20.8 Å². The molecule has 1 aromatic carbocycles. The lowest BCUT2D eigenvalue weighted by atomic mass is 9.93. The summed E-state index contributed by atoms with van der Waals surface area (Å²) in [7, 11) is -2.16. The Kier molecular flexibility index (Phi) is 10.7. The number of nitro benzene ring substituents is 1. The molecule has 1 heterocycles. The van der Waals surface area contributed by atoms with Crippen LogP contribution in [-0.4, -0.2) is 67.1 Å². The molecule has 224 valence electrons. The number of nitrogens with two attached hydrogens (primary N) is 1. The zero-order valence-electron chi connectivity index (χ0n) is 24.8. The molecule has 3 N–H and O–H groups in total. The third-order valence-corrected chi connectivity index (χ3v) is 11.8. The summed E-state index contributed by atoms with van der Waals surface area (Å²) in [6.45, 7) is 16.3. The van der Waals surface area contributed by atoms with Gasteiger partial charge in [0.1, 0.15) is 12.2 Å². The molecule has 1 fully saturated rings. The predicted octanol–water partition coefficient (Wildman–Crippen LogP) is 4.71. The van der Waals surface area contributed by atoms with Gasteiger partial charge < -0.3 is 29.9 Å². The van der Waals surface area contributed by atoms with E-state index < -0.39 is 48.9 Å². The largest absolute Gasteiger partial charge is 0.445 e. The number of carbonyl (C=O) groups excluding carboxylic acids is 3. The maximum absolute atomic E-state index is 13.2. The number of amides is 3. The normalized spacial score (nSPS) is 18.6. The van der Waals surface area contributed by atoms with Crippen molar-refractivity contribution in [2.45, 2.75) is 96.9 Å². The summed E-state index contributed by atoms with van der Waals surface area (Å²) < 4.78 is 17.5. The number of hydrogen-bond donors (Lipinski definition) is 2. The van der Waals surface area contributed by atoms with Gasteiger partial charge in [0, 0.05) is 43.6 Å². The maximum atomic E-state index is 13.2. The molecule has 1 aliphatic heterocycles. The summed E-state index contributed by atoms with van der Waals surface area (Å²) >= 11 is 0. The highest BCUT2D eigenvalue weighted by Crippen LogP contribution is 2.40. The van der Waals surface area contributed by atoms with Crippen LogP contribution in [0.3, 0.4) is 0 Å². The molecule has 2 rings (SSSR count). The Hall–Kier alpha value is -3.19. The first kappa shape index (κ1) is 33.0. The van der Waals surface area contributed by atoms with Gasteiger partial charge in [-0.25, -0.2) is 9.59 Å². The van der Waals surface area contributed by atoms with E-state index in [1.165, 1.54) is 24.3 Å². The number of ether oxygens (including phenoxy) is 2. The first-order valence-electron chi connectivity index (χ1n) is 13.4. The highest BCUT2D eigenvalue weighted by Gasteiger charge is 2.46. The molecular weight excluding hydrogens is 536 g/mol. The number of carbonyl (C=O) groups is 3. The Balaban J connectivity index is 2.15. The number of benzene rings is 1. The Morgan fingerprint density at radius 1 is 1.15 bits per heavy atom. The van der Waals surface area contributed by atoms with Crippen LogP contribution in [-0.2, 0) is 25.3 Å². The Morgan fingerprint density at radius 3 is 2.25 bits per heavy atom. The lowest BCUT2D eigenvalue weighted by molar-refractivity contribution is -0.384. The van der Waals surface area contributed by atoms with Crippen LogP contribution in [0.5, 0.6) is 0 Å². The summed E-state index contributed by atoms with van der Waals surface area (Å²) in [5, 5.41) is 13.5. The minimum atomic E-state index is -2.16. The number of nitro groups is 1. The number of rotatable bonds is 10. The third kappa shape index (κ3) is 9.77. The van der Waals surface area contributed by atoms with E-state index >= 15 is 0 Å². The topological polar surface area (TPSA) is 163 Å². The van der Waals surface area contributed by atoms with E-state index in [0.717, 1.165) is 0 Å². The third-order valence-electron chi connectivity index (χ3n) is 7.23. The lowest BCUT2D eigenvalue weighted by Gasteiger charge is -2.38. The van der Waals surface area contributed by atoms with E-state index in [1.807, 2.05) is 0 Å². The fraction of sp³-hybridized carbons (Fsp3) is 0.667. The van der Waals surface area contributed by atoms with Crippen LogP contribution in [0.1, 0.15) is 59.9 Å². The van der Waals surface area contributed by atoms with Gasteiger partial charge in [0.25, 0.3) is 5.69 Å². The Labute approximate surface area is 237 Å². The number of hydrogen-bond acceptors (Lipinski definition) is 8. The van der Waals surface area contributed by atoms with Crippen molar-refractivity contribution in [2.75, 3.05) is 13.1 Å². The van der Waals surface area contributed by atoms with Crippen molar-refractivity contribution >= 4 is 32.1 Å². The zero-order chi connectivity index (χ0) is 30.5. The average molecular weight is 581 g/mol. The molecule has 3 amide bonds. The fourth-order valence-corrected chi connectivity index (χ4v) is 5.57. The van der Waals surface area contributed by atoms with E-state index in [2.05, 4.69) is 39.2 Å². The van der Waals surface area contributed by atoms with Gasteiger partial charge in [0.15, 0.2) is 8.32 Å². The van der Waals surface area contributed by atoms with Crippen LogP contribution in [0.25, 0.3) is 0 Å². The van der Waals surface area contributed by atoms with Crippen molar-refractivity contribution in [2.24, 2.45) is 11.7 Å². The highest BCUT2D eigenvalue weighted by atomic mass is 28.4. The second-order valence-electron chi connectivity index (χ2n) is 12.7. The van der Waals surface area contributed by atoms with Gasteiger partial charge in [-0.3, -0.25) is 14.9 Å². The van der Waals surface area contributed by atoms with E-state index in [1.54, 1.807) is 25.7 Å². The summed E-state index contributed by atoms with van der Waals surface area (Å²) in [6, 6.07) is 5.19. The smallest absolute Gasteiger partial charge is 0.410 e. The molecule has 40 heavy (non-hydrogen) atoms. The second-order valence-corrected chi connectivity index (χ2v) is 17.5. The number of nitrogens with zero attached hydrogens (tertiary/aromatic N) is 2. The van der Waals surface area contributed by atoms with Crippen molar-refractivity contribution in [3.63, 3.8) is 0 Å². The zero-order valence-corrected chi connectivity index (χ0v) is 25.8. The summed E-state index contributed by atoms with van der Waals surface area (Å²) in [4.78, 5) is 49.6. The minimum absolute atomic E-state index is 0.0266. The predicted molar refractivity (Wildman–Crippen MR) is 152 cm³/mol. The van der Waals surface area contributed by atoms with Crippen LogP contribution < -0.4 is 11.1 Å². The van der Waals surface area contributed by atoms with Crippen molar-refractivity contribution in [1.29, 1.82) is 0 Å². The molecule has 0 spiro atoms. The van der Waals surface area contributed by atoms with Crippen LogP contribution in [0.15, 0.2) is 24.3 Å². The van der Waals surface area contributed by atoms with Gasteiger partial charge in [-0.2, -0.15) is 0 Å². The lowest BCUT2D eigenvalue weighted by Crippen LogP contribution is -2.47. The van der Waals surface area contributed by atoms with Gasteiger partial charge >= 0.3 is 12.2 Å². The minimum Gasteiger partial charge on any atom is -0.445 e. The first-order chi connectivity index (χ1) is 18.3. The standard InChI is InChI=1S/C27H44N4O8Si/c1-26(2,3)38-25(34)30-16-21(39-40(7,8)27(4,5)6)14-22(30)19(13-23(28)32)15-29-24(33)37-17-18-9-11-20(12-10-18)31(35)36/h9-12,19,21-22H,13-17H2,1-8H3,(H2,28,32)(H,29,33)/t19?,21-,22+/m1/s1. The summed E-state index contributed by atoms with van der Waals surface area (Å²) in [5.41, 5.74) is 5.35. The van der Waals surface area contributed by atoms with Gasteiger partial charge in [-0.05, 0) is 63.0 Å². The molecular formula is C27H44N4O8Si. The van der Waals surface area contributed by atoms with Crippen molar-refractivity contribution in [3.8, 4) is 0 Å². The van der Waals surface area contributed by atoms with Gasteiger partial charge in [0.05, 0.1) is 11.0 Å². The number of nitrogens with one attached hydrogen (secondary N) is 1. The fourth-order valence-electron chi connectivity index (χ4n) is 4.21. The van der Waals surface area contributed by atoms with E-state index in [0.29, 0.717) is 18.5 Å². The molecule has 12 nitrogen and oxygen atoms in total. The summed E-state index contributed by atoms with van der Waals surface area (Å²) in [6.07, 6.45) is -1.12.